The highest BCUT2D eigenvalue weighted by molar-refractivity contribution is 5.82. The third-order valence-electron chi connectivity index (χ3n) is 4.42. The Kier molecular flexibility index (Phi) is 4.77. The fourth-order valence-corrected chi connectivity index (χ4v) is 3.08. The number of carbonyl (C=O) groups excluding carboxylic acids is 1. The van der Waals surface area contributed by atoms with Crippen LogP contribution in [0, 0.1) is 0 Å². The fourth-order valence-electron chi connectivity index (χ4n) is 3.08. The molecule has 1 aromatic heterocycles. The summed E-state index contributed by atoms with van der Waals surface area (Å²) in [6, 6.07) is -0.843. The first-order valence-corrected chi connectivity index (χ1v) is 7.78. The number of nitrogens with one attached hydrogen (secondary N) is 1. The molecule has 6 nitrogen and oxygen atoms in total. The summed E-state index contributed by atoms with van der Waals surface area (Å²) in [4.78, 5) is 19.7. The van der Waals surface area contributed by atoms with Crippen molar-refractivity contribution in [1.29, 1.82) is 0 Å². The van der Waals surface area contributed by atoms with Crippen LogP contribution in [-0.4, -0.2) is 69.9 Å². The van der Waals surface area contributed by atoms with Gasteiger partial charge in [-0.3, -0.25) is 19.6 Å². The molecule has 3 heterocycles. The molecule has 0 aromatic carbocycles. The molecule has 2 aliphatic heterocycles. The number of carbonyl (C=O) groups is 1. The summed E-state index contributed by atoms with van der Waals surface area (Å²) in [5.74, 6) is -2.89. The average molecular weight is 349 g/mol. The second kappa shape index (κ2) is 6.67. The van der Waals surface area contributed by atoms with Crippen LogP contribution in [0.5, 0.6) is 0 Å². The number of nitrogens with zero attached hydrogens (tertiary/aromatic N) is 4. The number of imidazole rings is 1. The summed E-state index contributed by atoms with van der Waals surface area (Å²) in [6.07, 6.45) is 2.08. The molecular formula is C14H19F4N5O. The van der Waals surface area contributed by atoms with Crippen molar-refractivity contribution in [3.8, 4) is 0 Å². The molecule has 2 aliphatic rings. The zero-order valence-electron chi connectivity index (χ0n) is 13.0. The van der Waals surface area contributed by atoms with E-state index in [1.807, 2.05) is 4.90 Å². The lowest BCUT2D eigenvalue weighted by Crippen LogP contribution is -2.52. The minimum absolute atomic E-state index is 0.263. The van der Waals surface area contributed by atoms with E-state index in [1.165, 1.54) is 12.4 Å². The van der Waals surface area contributed by atoms with Crippen LogP contribution in [0.3, 0.4) is 0 Å². The van der Waals surface area contributed by atoms with E-state index in [9.17, 15) is 22.4 Å². The SMILES string of the molecule is O=C(C1CC(F)(F)CN1)N1CCN(Cc2nccn2C(F)F)CC1. The average Bonchev–Trinajstić information content (AvgIpc) is 3.13. The largest absolute Gasteiger partial charge is 0.339 e. The summed E-state index contributed by atoms with van der Waals surface area (Å²) >= 11 is 0. The molecule has 0 saturated carbocycles. The zero-order chi connectivity index (χ0) is 17.3. The topological polar surface area (TPSA) is 53.4 Å². The van der Waals surface area contributed by atoms with Gasteiger partial charge < -0.3 is 4.90 Å². The van der Waals surface area contributed by atoms with E-state index < -0.39 is 31.5 Å². The van der Waals surface area contributed by atoms with Crippen molar-refractivity contribution >= 4 is 5.91 Å². The number of piperazine rings is 1. The monoisotopic (exact) mass is 349 g/mol. The predicted octanol–water partition coefficient (Wildman–Crippen LogP) is 0.920. The Hall–Kier alpha value is -1.68. The van der Waals surface area contributed by atoms with Gasteiger partial charge in [-0.15, -0.1) is 0 Å². The Labute approximate surface area is 136 Å². The minimum atomic E-state index is -2.84. The molecule has 24 heavy (non-hydrogen) atoms. The fraction of sp³-hybridized carbons (Fsp3) is 0.714. The lowest BCUT2D eigenvalue weighted by atomic mass is 10.1. The van der Waals surface area contributed by atoms with E-state index in [2.05, 4.69) is 10.3 Å². The number of hydrogen-bond acceptors (Lipinski definition) is 4. The predicted molar refractivity (Wildman–Crippen MR) is 76.7 cm³/mol. The number of rotatable bonds is 4. The Balaban J connectivity index is 1.51. The van der Waals surface area contributed by atoms with Gasteiger partial charge in [-0.1, -0.05) is 0 Å². The summed E-state index contributed by atoms with van der Waals surface area (Å²) in [6.45, 7) is -1.09. The molecule has 1 aromatic rings. The van der Waals surface area contributed by atoms with Crippen molar-refractivity contribution in [3.05, 3.63) is 18.2 Å². The van der Waals surface area contributed by atoms with E-state index in [-0.39, 0.29) is 18.3 Å². The first-order valence-electron chi connectivity index (χ1n) is 7.78. The Morgan fingerprint density at radius 1 is 1.33 bits per heavy atom. The lowest BCUT2D eigenvalue weighted by molar-refractivity contribution is -0.135. The quantitative estimate of drug-likeness (QED) is 0.822. The molecule has 3 rings (SSSR count). The third kappa shape index (κ3) is 3.69. The summed E-state index contributed by atoms with van der Waals surface area (Å²) in [5.41, 5.74) is 0. The normalized spacial score (nSPS) is 24.7. The third-order valence-corrected chi connectivity index (χ3v) is 4.42. The van der Waals surface area contributed by atoms with E-state index in [0.29, 0.717) is 26.2 Å². The molecule has 1 atom stereocenters. The van der Waals surface area contributed by atoms with Crippen LogP contribution in [0.25, 0.3) is 0 Å². The highest BCUT2D eigenvalue weighted by atomic mass is 19.3. The van der Waals surface area contributed by atoms with E-state index >= 15 is 0 Å². The molecule has 0 bridgehead atoms. The van der Waals surface area contributed by atoms with E-state index in [0.717, 1.165) is 4.57 Å². The Morgan fingerprint density at radius 2 is 2.04 bits per heavy atom. The van der Waals surface area contributed by atoms with E-state index in [1.54, 1.807) is 4.90 Å². The van der Waals surface area contributed by atoms with Gasteiger partial charge in [0.25, 0.3) is 5.92 Å². The highest BCUT2D eigenvalue weighted by Crippen LogP contribution is 2.26. The molecule has 134 valence electrons. The van der Waals surface area contributed by atoms with Gasteiger partial charge in [-0.05, 0) is 0 Å². The molecule has 10 heteroatoms. The van der Waals surface area contributed by atoms with Crippen molar-refractivity contribution in [2.45, 2.75) is 31.5 Å². The smallest absolute Gasteiger partial charge is 0.319 e. The molecule has 1 N–H and O–H groups in total. The molecule has 0 spiro atoms. The molecule has 2 fully saturated rings. The van der Waals surface area contributed by atoms with Crippen LogP contribution in [0.1, 0.15) is 18.8 Å². The number of aromatic nitrogens is 2. The maximum Gasteiger partial charge on any atom is 0.319 e. The molecular weight excluding hydrogens is 330 g/mol. The number of hydrogen-bond donors (Lipinski definition) is 1. The van der Waals surface area contributed by atoms with Gasteiger partial charge in [0.15, 0.2) is 0 Å². The minimum Gasteiger partial charge on any atom is -0.339 e. The van der Waals surface area contributed by atoms with Crippen LogP contribution in [0.2, 0.25) is 0 Å². The van der Waals surface area contributed by atoms with Crippen molar-refractivity contribution in [2.75, 3.05) is 32.7 Å². The zero-order valence-corrected chi connectivity index (χ0v) is 13.0. The van der Waals surface area contributed by atoms with Gasteiger partial charge in [-0.25, -0.2) is 13.8 Å². The van der Waals surface area contributed by atoms with Crippen molar-refractivity contribution in [1.82, 2.24) is 24.7 Å². The number of amides is 1. The van der Waals surface area contributed by atoms with Crippen LogP contribution >= 0.6 is 0 Å². The molecule has 0 radical (unpaired) electrons. The molecule has 1 amide bonds. The lowest BCUT2D eigenvalue weighted by Gasteiger charge is -2.35. The molecule has 1 unspecified atom stereocenters. The Bertz CT molecular complexity index is 585. The van der Waals surface area contributed by atoms with Crippen LogP contribution in [-0.2, 0) is 11.3 Å². The van der Waals surface area contributed by atoms with E-state index in [4.69, 9.17) is 0 Å². The summed E-state index contributed by atoms with van der Waals surface area (Å²) < 4.78 is 52.8. The van der Waals surface area contributed by atoms with Crippen molar-refractivity contribution in [3.63, 3.8) is 0 Å². The Morgan fingerprint density at radius 3 is 2.62 bits per heavy atom. The van der Waals surface area contributed by atoms with Crippen LogP contribution in [0.15, 0.2) is 12.4 Å². The number of halogens is 4. The first-order chi connectivity index (χ1) is 11.4. The molecule has 0 aliphatic carbocycles. The molecule has 2 saturated heterocycles. The summed E-state index contributed by atoms with van der Waals surface area (Å²) in [5, 5.41) is 2.56. The van der Waals surface area contributed by atoms with Crippen LogP contribution < -0.4 is 5.32 Å². The summed E-state index contributed by atoms with van der Waals surface area (Å²) in [7, 11) is 0. The second-order valence-corrected chi connectivity index (χ2v) is 6.12. The second-order valence-electron chi connectivity index (χ2n) is 6.12. The maximum absolute atomic E-state index is 13.2. The van der Waals surface area contributed by atoms with Crippen molar-refractivity contribution in [2.24, 2.45) is 0 Å². The van der Waals surface area contributed by atoms with Gasteiger partial charge in [0.1, 0.15) is 5.82 Å². The van der Waals surface area contributed by atoms with Gasteiger partial charge in [-0.2, -0.15) is 8.78 Å². The van der Waals surface area contributed by atoms with Gasteiger partial charge in [0.05, 0.1) is 19.1 Å². The van der Waals surface area contributed by atoms with Gasteiger partial charge in [0.2, 0.25) is 5.91 Å². The van der Waals surface area contributed by atoms with Gasteiger partial charge in [0, 0.05) is 45.0 Å². The number of alkyl halides is 4. The maximum atomic E-state index is 13.2. The first kappa shape index (κ1) is 17.2. The van der Waals surface area contributed by atoms with Crippen molar-refractivity contribution < 1.29 is 22.4 Å². The standard InChI is InChI=1S/C14H19F4N5O/c15-13(16)23-2-1-19-11(23)8-21-3-5-22(6-4-21)12(24)10-7-14(17,18)9-20-10/h1-2,10,13,20H,3-9H2. The highest BCUT2D eigenvalue weighted by Gasteiger charge is 2.43. The van der Waals surface area contributed by atoms with Gasteiger partial charge >= 0.3 is 6.55 Å². The van der Waals surface area contributed by atoms with Crippen LogP contribution in [0.4, 0.5) is 17.6 Å².